The molecule has 19 heavy (non-hydrogen) atoms. The monoisotopic (exact) mass is 254 g/mol. The van der Waals surface area contributed by atoms with Crippen LogP contribution in [0.1, 0.15) is 42.1 Å². The summed E-state index contributed by atoms with van der Waals surface area (Å²) in [5.41, 5.74) is 3.53. The van der Waals surface area contributed by atoms with Gasteiger partial charge in [-0.15, -0.1) is 0 Å². The number of aromatic nitrogens is 2. The summed E-state index contributed by atoms with van der Waals surface area (Å²) in [6.07, 6.45) is 1.90. The molecule has 0 fully saturated rings. The molecule has 0 bridgehead atoms. The molecule has 2 rings (SSSR count). The zero-order chi connectivity index (χ0) is 13.8. The van der Waals surface area contributed by atoms with Gasteiger partial charge in [0.05, 0.1) is 5.69 Å². The van der Waals surface area contributed by atoms with Gasteiger partial charge in [-0.05, 0) is 32.4 Å². The molecule has 0 saturated heterocycles. The predicted molar refractivity (Wildman–Crippen MR) is 76.2 cm³/mol. The summed E-state index contributed by atoms with van der Waals surface area (Å²) in [6, 6.07) is 9.54. The number of carbonyl (C=O) groups excluding carboxylic acids is 1. The fourth-order valence-electron chi connectivity index (χ4n) is 2.01. The third kappa shape index (κ3) is 3.25. The third-order valence-electron chi connectivity index (χ3n) is 2.94. The Morgan fingerprint density at radius 3 is 2.68 bits per heavy atom. The highest BCUT2D eigenvalue weighted by atomic mass is 16.1. The summed E-state index contributed by atoms with van der Waals surface area (Å²) >= 11 is 0. The van der Waals surface area contributed by atoms with Crippen molar-refractivity contribution in [3.05, 3.63) is 47.4 Å². The molecule has 0 saturated carbocycles. The van der Waals surface area contributed by atoms with Crippen molar-refractivity contribution < 1.29 is 4.79 Å². The topological polar surface area (TPSA) is 42.9 Å². The standard InChI is InChI=1S/C16H18N2O/c1-4-6-16-17-11(2)9-15(18-16)14-8-5-7-13(10-14)12(3)19/h5,7-10H,4,6H2,1-3H3. The fraction of sp³-hybridized carbons (Fsp3) is 0.312. The van der Waals surface area contributed by atoms with Gasteiger partial charge in [-0.2, -0.15) is 0 Å². The summed E-state index contributed by atoms with van der Waals surface area (Å²) in [5.74, 6) is 0.937. The average Bonchev–Trinajstić information content (AvgIpc) is 2.38. The zero-order valence-corrected chi connectivity index (χ0v) is 11.6. The minimum atomic E-state index is 0.0707. The van der Waals surface area contributed by atoms with Crippen LogP contribution < -0.4 is 0 Å². The van der Waals surface area contributed by atoms with E-state index in [9.17, 15) is 4.79 Å². The largest absolute Gasteiger partial charge is 0.295 e. The first kappa shape index (κ1) is 13.4. The van der Waals surface area contributed by atoms with Crippen LogP contribution in [0, 0.1) is 6.92 Å². The molecule has 1 aromatic carbocycles. The lowest BCUT2D eigenvalue weighted by atomic mass is 10.1. The van der Waals surface area contributed by atoms with Crippen molar-refractivity contribution in [2.24, 2.45) is 0 Å². The van der Waals surface area contributed by atoms with Crippen LogP contribution in [0.2, 0.25) is 0 Å². The number of benzene rings is 1. The van der Waals surface area contributed by atoms with Crippen molar-refractivity contribution in [2.75, 3.05) is 0 Å². The molecule has 0 unspecified atom stereocenters. The van der Waals surface area contributed by atoms with E-state index in [0.29, 0.717) is 5.56 Å². The highest BCUT2D eigenvalue weighted by molar-refractivity contribution is 5.95. The second kappa shape index (κ2) is 5.74. The van der Waals surface area contributed by atoms with Crippen LogP contribution in [0.3, 0.4) is 0 Å². The molecule has 0 aliphatic rings. The summed E-state index contributed by atoms with van der Waals surface area (Å²) in [7, 11) is 0. The maximum absolute atomic E-state index is 11.4. The van der Waals surface area contributed by atoms with Crippen molar-refractivity contribution in [1.82, 2.24) is 9.97 Å². The first-order chi connectivity index (χ1) is 9.10. The molecule has 3 nitrogen and oxygen atoms in total. The van der Waals surface area contributed by atoms with Crippen molar-refractivity contribution in [3.8, 4) is 11.3 Å². The van der Waals surface area contributed by atoms with E-state index in [2.05, 4.69) is 16.9 Å². The molecular formula is C16H18N2O. The van der Waals surface area contributed by atoms with Crippen LogP contribution in [0.5, 0.6) is 0 Å². The van der Waals surface area contributed by atoms with E-state index in [0.717, 1.165) is 35.6 Å². The second-order valence-corrected chi connectivity index (χ2v) is 4.70. The molecule has 1 heterocycles. The van der Waals surface area contributed by atoms with E-state index in [1.54, 1.807) is 6.92 Å². The molecule has 0 atom stereocenters. The normalized spacial score (nSPS) is 10.5. The van der Waals surface area contributed by atoms with E-state index in [-0.39, 0.29) is 5.78 Å². The molecule has 0 spiro atoms. The smallest absolute Gasteiger partial charge is 0.159 e. The molecular weight excluding hydrogens is 236 g/mol. The molecule has 3 heteroatoms. The molecule has 0 radical (unpaired) electrons. The molecule has 2 aromatic rings. The van der Waals surface area contributed by atoms with Gasteiger partial charge in [0, 0.05) is 23.2 Å². The number of hydrogen-bond donors (Lipinski definition) is 0. The number of hydrogen-bond acceptors (Lipinski definition) is 3. The molecule has 0 aliphatic heterocycles. The van der Waals surface area contributed by atoms with Gasteiger partial charge in [-0.1, -0.05) is 25.1 Å². The van der Waals surface area contributed by atoms with E-state index in [4.69, 9.17) is 0 Å². The fourth-order valence-corrected chi connectivity index (χ4v) is 2.01. The van der Waals surface area contributed by atoms with Crippen LogP contribution in [0.4, 0.5) is 0 Å². The van der Waals surface area contributed by atoms with Crippen molar-refractivity contribution in [2.45, 2.75) is 33.6 Å². The van der Waals surface area contributed by atoms with Gasteiger partial charge in [-0.25, -0.2) is 9.97 Å². The van der Waals surface area contributed by atoms with Gasteiger partial charge in [0.1, 0.15) is 5.82 Å². The van der Waals surface area contributed by atoms with E-state index in [1.165, 1.54) is 0 Å². The molecule has 1 aromatic heterocycles. The van der Waals surface area contributed by atoms with E-state index < -0.39 is 0 Å². The minimum Gasteiger partial charge on any atom is -0.295 e. The van der Waals surface area contributed by atoms with Crippen molar-refractivity contribution in [1.29, 1.82) is 0 Å². The lowest BCUT2D eigenvalue weighted by Gasteiger charge is -2.06. The Balaban J connectivity index is 2.46. The van der Waals surface area contributed by atoms with Crippen LogP contribution in [-0.4, -0.2) is 15.8 Å². The highest BCUT2D eigenvalue weighted by Gasteiger charge is 2.06. The Morgan fingerprint density at radius 2 is 2.00 bits per heavy atom. The predicted octanol–water partition coefficient (Wildman–Crippen LogP) is 3.61. The Morgan fingerprint density at radius 1 is 1.21 bits per heavy atom. The van der Waals surface area contributed by atoms with Crippen molar-refractivity contribution in [3.63, 3.8) is 0 Å². The first-order valence-corrected chi connectivity index (χ1v) is 6.56. The van der Waals surface area contributed by atoms with Gasteiger partial charge in [0.25, 0.3) is 0 Å². The van der Waals surface area contributed by atoms with E-state index in [1.807, 2.05) is 37.3 Å². The number of aryl methyl sites for hydroxylation is 2. The quantitative estimate of drug-likeness (QED) is 0.783. The van der Waals surface area contributed by atoms with Crippen LogP contribution in [0.15, 0.2) is 30.3 Å². The van der Waals surface area contributed by atoms with E-state index >= 15 is 0 Å². The van der Waals surface area contributed by atoms with Gasteiger partial charge >= 0.3 is 0 Å². The second-order valence-electron chi connectivity index (χ2n) is 4.70. The van der Waals surface area contributed by atoms with Gasteiger partial charge < -0.3 is 0 Å². The summed E-state index contributed by atoms with van der Waals surface area (Å²) in [5, 5.41) is 0. The van der Waals surface area contributed by atoms with Gasteiger partial charge in [0.2, 0.25) is 0 Å². The SMILES string of the molecule is CCCc1nc(C)cc(-c2cccc(C(C)=O)c2)n1. The van der Waals surface area contributed by atoms with Gasteiger partial charge in [0.15, 0.2) is 5.78 Å². The summed E-state index contributed by atoms with van der Waals surface area (Å²) < 4.78 is 0. The highest BCUT2D eigenvalue weighted by Crippen LogP contribution is 2.20. The Hall–Kier alpha value is -2.03. The molecule has 0 aliphatic carbocycles. The zero-order valence-electron chi connectivity index (χ0n) is 11.6. The van der Waals surface area contributed by atoms with Crippen LogP contribution in [0.25, 0.3) is 11.3 Å². The van der Waals surface area contributed by atoms with Gasteiger partial charge in [-0.3, -0.25) is 4.79 Å². The molecule has 98 valence electrons. The maximum atomic E-state index is 11.4. The minimum absolute atomic E-state index is 0.0707. The number of rotatable bonds is 4. The number of Topliss-reactive ketones (excluding diaryl/α,β-unsaturated/α-hetero) is 1. The number of carbonyl (C=O) groups is 1. The average molecular weight is 254 g/mol. The summed E-state index contributed by atoms with van der Waals surface area (Å²) in [6.45, 7) is 5.66. The molecule has 0 amide bonds. The lowest BCUT2D eigenvalue weighted by molar-refractivity contribution is 0.101. The Kier molecular flexibility index (Phi) is 4.05. The third-order valence-corrected chi connectivity index (χ3v) is 2.94. The number of nitrogens with zero attached hydrogens (tertiary/aromatic N) is 2. The molecule has 0 N–H and O–H groups in total. The Bertz CT molecular complexity index is 605. The summed E-state index contributed by atoms with van der Waals surface area (Å²) in [4.78, 5) is 20.4. The van der Waals surface area contributed by atoms with Crippen molar-refractivity contribution >= 4 is 5.78 Å². The van der Waals surface area contributed by atoms with Crippen LogP contribution in [-0.2, 0) is 6.42 Å². The van der Waals surface area contributed by atoms with Crippen LogP contribution >= 0.6 is 0 Å². The lowest BCUT2D eigenvalue weighted by Crippen LogP contribution is -1.99. The Labute approximate surface area is 113 Å². The number of ketones is 1. The maximum Gasteiger partial charge on any atom is 0.159 e. The first-order valence-electron chi connectivity index (χ1n) is 6.56.